The highest BCUT2D eigenvalue weighted by molar-refractivity contribution is 8.09. The maximum Gasteiger partial charge on any atom is 0.344 e. The highest BCUT2D eigenvalue weighted by Crippen LogP contribution is 2.55. The fraction of sp³-hybridized carbons (Fsp3) is 0.143. The molecule has 0 saturated heterocycles. The Morgan fingerprint density at radius 3 is 2.75 bits per heavy atom. The van der Waals surface area contributed by atoms with Crippen molar-refractivity contribution in [2.24, 2.45) is 0 Å². The van der Waals surface area contributed by atoms with E-state index in [1.165, 1.54) is 10.6 Å². The van der Waals surface area contributed by atoms with E-state index < -0.39 is 6.00 Å². The zero-order valence-electron chi connectivity index (χ0n) is 7.99. The number of nitrogens with zero attached hydrogens (tertiary/aromatic N) is 3. The standard InChI is InChI=1S/C7H6Cl3N4OP/c1-4-2-7-11-6(13-16(9,10)15)3-5(8)14(7)12-4/h2-3H,1H3,(H,11,13,15). The molecular formula is C7H6Cl3N4OP. The summed E-state index contributed by atoms with van der Waals surface area (Å²) >= 11 is 16.7. The molecule has 0 aliphatic rings. The molecule has 2 heterocycles. The maximum atomic E-state index is 11.2. The van der Waals surface area contributed by atoms with Gasteiger partial charge in [-0.15, -0.1) is 0 Å². The lowest BCUT2D eigenvalue weighted by Crippen LogP contribution is -1.97. The fourth-order valence-corrected chi connectivity index (χ4v) is 2.37. The first-order valence-corrected chi connectivity index (χ1v) is 8.05. The van der Waals surface area contributed by atoms with Crippen molar-refractivity contribution >= 4 is 51.5 Å². The van der Waals surface area contributed by atoms with Crippen molar-refractivity contribution in [2.75, 3.05) is 5.09 Å². The molecule has 16 heavy (non-hydrogen) atoms. The Kier molecular flexibility index (Phi) is 3.05. The average molecular weight is 299 g/mol. The van der Waals surface area contributed by atoms with Crippen LogP contribution in [0.4, 0.5) is 5.82 Å². The van der Waals surface area contributed by atoms with Gasteiger partial charge in [-0.3, -0.25) is 9.65 Å². The van der Waals surface area contributed by atoms with Crippen LogP contribution in [0.2, 0.25) is 5.15 Å². The molecule has 0 aliphatic heterocycles. The van der Waals surface area contributed by atoms with Gasteiger partial charge in [-0.25, -0.2) is 9.50 Å². The predicted octanol–water partition coefficient (Wildman–Crippen LogP) is 3.69. The van der Waals surface area contributed by atoms with Gasteiger partial charge in [-0.2, -0.15) is 5.10 Å². The fourth-order valence-electron chi connectivity index (χ4n) is 1.24. The Morgan fingerprint density at radius 1 is 1.44 bits per heavy atom. The third-order valence-corrected chi connectivity index (χ3v) is 3.02. The molecule has 0 unspecified atom stereocenters. The summed E-state index contributed by atoms with van der Waals surface area (Å²) in [5.74, 6) is -3.19. The van der Waals surface area contributed by atoms with Gasteiger partial charge >= 0.3 is 6.00 Å². The number of hydrogen-bond acceptors (Lipinski definition) is 3. The van der Waals surface area contributed by atoms with Gasteiger partial charge in [0.25, 0.3) is 0 Å². The zero-order chi connectivity index (χ0) is 11.9. The monoisotopic (exact) mass is 298 g/mol. The Bertz CT molecular complexity index is 593. The summed E-state index contributed by atoms with van der Waals surface area (Å²) < 4.78 is 12.6. The molecule has 9 heteroatoms. The van der Waals surface area contributed by atoms with Crippen LogP contribution >= 0.6 is 40.1 Å². The van der Waals surface area contributed by atoms with Gasteiger partial charge in [0.05, 0.1) is 5.69 Å². The van der Waals surface area contributed by atoms with Crippen LogP contribution in [0.3, 0.4) is 0 Å². The Morgan fingerprint density at radius 2 is 2.12 bits per heavy atom. The largest absolute Gasteiger partial charge is 0.344 e. The second kappa shape index (κ2) is 4.08. The Hall–Kier alpha value is -0.480. The molecule has 0 bridgehead atoms. The van der Waals surface area contributed by atoms with Crippen LogP contribution in [-0.4, -0.2) is 14.6 Å². The molecule has 2 aromatic rings. The second-order valence-corrected chi connectivity index (χ2v) is 8.00. The topological polar surface area (TPSA) is 59.3 Å². The number of hydrogen-bond donors (Lipinski definition) is 1. The van der Waals surface area contributed by atoms with Gasteiger partial charge in [-0.05, 0) is 29.4 Å². The van der Waals surface area contributed by atoms with Crippen molar-refractivity contribution in [2.45, 2.75) is 6.92 Å². The van der Waals surface area contributed by atoms with Crippen LogP contribution in [0.15, 0.2) is 12.1 Å². The minimum Gasteiger partial charge on any atom is -0.297 e. The molecule has 0 radical (unpaired) electrons. The molecule has 86 valence electrons. The first kappa shape index (κ1) is 12.0. The van der Waals surface area contributed by atoms with Crippen LogP contribution < -0.4 is 5.09 Å². The van der Waals surface area contributed by atoms with Gasteiger partial charge in [0, 0.05) is 12.1 Å². The van der Waals surface area contributed by atoms with Crippen molar-refractivity contribution in [1.29, 1.82) is 0 Å². The molecule has 0 fully saturated rings. The molecule has 0 aliphatic carbocycles. The third-order valence-electron chi connectivity index (χ3n) is 1.75. The molecule has 0 saturated carbocycles. The van der Waals surface area contributed by atoms with Crippen LogP contribution in [0.1, 0.15) is 5.69 Å². The minimum absolute atomic E-state index is 0.241. The zero-order valence-corrected chi connectivity index (χ0v) is 11.1. The first-order chi connectivity index (χ1) is 7.35. The molecule has 2 aromatic heterocycles. The maximum absolute atomic E-state index is 11.2. The number of aryl methyl sites for hydroxylation is 1. The molecule has 2 rings (SSSR count). The quantitative estimate of drug-likeness (QED) is 0.678. The van der Waals surface area contributed by atoms with E-state index in [0.29, 0.717) is 10.8 Å². The number of fused-ring (bicyclic) bond motifs is 1. The SMILES string of the molecule is Cc1cc2nc(NP(=O)(Cl)Cl)cc(Cl)n2n1. The van der Waals surface area contributed by atoms with Crippen LogP contribution in [0.5, 0.6) is 0 Å². The molecule has 0 spiro atoms. The lowest BCUT2D eigenvalue weighted by Gasteiger charge is -2.06. The summed E-state index contributed by atoms with van der Waals surface area (Å²) in [5.41, 5.74) is 1.29. The summed E-state index contributed by atoms with van der Waals surface area (Å²) in [6, 6.07) is 3.17. The summed E-state index contributed by atoms with van der Waals surface area (Å²) in [4.78, 5) is 4.11. The molecule has 0 aromatic carbocycles. The van der Waals surface area contributed by atoms with Crippen LogP contribution in [0, 0.1) is 6.92 Å². The van der Waals surface area contributed by atoms with Crippen LogP contribution in [-0.2, 0) is 4.57 Å². The lowest BCUT2D eigenvalue weighted by molar-refractivity contribution is 0.595. The molecule has 0 atom stereocenters. The summed E-state index contributed by atoms with van der Waals surface area (Å²) in [5, 5.41) is 6.80. The lowest BCUT2D eigenvalue weighted by atomic mass is 10.5. The van der Waals surface area contributed by atoms with Crippen molar-refractivity contribution in [3.63, 3.8) is 0 Å². The van der Waals surface area contributed by atoms with E-state index in [2.05, 4.69) is 15.2 Å². The van der Waals surface area contributed by atoms with E-state index in [4.69, 9.17) is 34.1 Å². The number of aromatic nitrogens is 3. The number of halogens is 3. The predicted molar refractivity (Wildman–Crippen MR) is 65.7 cm³/mol. The van der Waals surface area contributed by atoms with E-state index in [1.54, 1.807) is 6.07 Å². The van der Waals surface area contributed by atoms with Gasteiger partial charge in [0.1, 0.15) is 11.0 Å². The average Bonchev–Trinajstić information content (AvgIpc) is 2.42. The Balaban J connectivity index is 2.53. The van der Waals surface area contributed by atoms with E-state index in [0.717, 1.165) is 5.69 Å². The first-order valence-electron chi connectivity index (χ1n) is 4.16. The normalized spacial score (nSPS) is 12.0. The Labute approximate surface area is 106 Å². The number of rotatable bonds is 2. The highest BCUT2D eigenvalue weighted by atomic mass is 35.9. The van der Waals surface area contributed by atoms with E-state index in [9.17, 15) is 4.57 Å². The number of nitrogens with one attached hydrogen (secondary N) is 1. The third kappa shape index (κ3) is 2.61. The van der Waals surface area contributed by atoms with E-state index in [-0.39, 0.29) is 5.82 Å². The number of anilines is 1. The van der Waals surface area contributed by atoms with Gasteiger partial charge < -0.3 is 0 Å². The molecule has 5 nitrogen and oxygen atoms in total. The molecule has 0 amide bonds. The summed E-state index contributed by atoms with van der Waals surface area (Å²) in [7, 11) is 0. The van der Waals surface area contributed by atoms with E-state index in [1.807, 2.05) is 6.92 Å². The second-order valence-electron chi connectivity index (χ2n) is 3.09. The highest BCUT2D eigenvalue weighted by Gasteiger charge is 2.15. The van der Waals surface area contributed by atoms with Crippen LogP contribution in [0.25, 0.3) is 5.65 Å². The van der Waals surface area contributed by atoms with Gasteiger partial charge in [-0.1, -0.05) is 11.6 Å². The van der Waals surface area contributed by atoms with E-state index >= 15 is 0 Å². The smallest absolute Gasteiger partial charge is 0.297 e. The summed E-state index contributed by atoms with van der Waals surface area (Å²) in [6.07, 6.45) is 0. The molecular weight excluding hydrogens is 293 g/mol. The minimum atomic E-state index is -3.44. The van der Waals surface area contributed by atoms with Crippen molar-refractivity contribution in [1.82, 2.24) is 14.6 Å². The molecule has 1 N–H and O–H groups in total. The van der Waals surface area contributed by atoms with Gasteiger partial charge in [0.15, 0.2) is 5.65 Å². The van der Waals surface area contributed by atoms with Crippen molar-refractivity contribution in [3.05, 3.63) is 23.0 Å². The summed E-state index contributed by atoms with van der Waals surface area (Å²) in [6.45, 7) is 1.81. The van der Waals surface area contributed by atoms with Crippen molar-refractivity contribution < 1.29 is 4.57 Å². The van der Waals surface area contributed by atoms with Gasteiger partial charge in [0.2, 0.25) is 0 Å². The van der Waals surface area contributed by atoms with Crippen molar-refractivity contribution in [3.8, 4) is 0 Å².